The molecule has 5 heteroatoms. The number of carbonyl (C=O) groups is 2. The first-order chi connectivity index (χ1) is 10.2. The van der Waals surface area contributed by atoms with Crippen LogP contribution < -0.4 is 0 Å². The summed E-state index contributed by atoms with van der Waals surface area (Å²) in [6, 6.07) is 0. The molecule has 0 aliphatic heterocycles. The molecule has 0 saturated heterocycles. The molecule has 0 aliphatic carbocycles. The van der Waals surface area contributed by atoms with E-state index >= 15 is 0 Å². The number of carbonyl (C=O) groups excluding carboxylic acids is 2. The molecular formula is C17H34O4Si. The van der Waals surface area contributed by atoms with Crippen LogP contribution in [0.1, 0.15) is 67.7 Å². The van der Waals surface area contributed by atoms with Gasteiger partial charge in [-0.25, -0.2) is 0 Å². The first-order valence-corrected chi connectivity index (χ1v) is 10.6. The van der Waals surface area contributed by atoms with Crippen molar-refractivity contribution in [2.45, 2.75) is 84.4 Å². The summed E-state index contributed by atoms with van der Waals surface area (Å²) in [6.45, 7) is 16.2. The third-order valence-corrected chi connectivity index (χ3v) is 10.4. The highest BCUT2D eigenvalue weighted by molar-refractivity contribution is 6.77. The lowest BCUT2D eigenvalue weighted by molar-refractivity contribution is -0.145. The van der Waals surface area contributed by atoms with Crippen molar-refractivity contribution < 1.29 is 18.8 Å². The maximum Gasteiger partial charge on any atom is 0.313 e. The second kappa shape index (κ2) is 10.2. The van der Waals surface area contributed by atoms with E-state index in [2.05, 4.69) is 41.5 Å². The van der Waals surface area contributed by atoms with Crippen molar-refractivity contribution in [2.75, 3.05) is 13.2 Å². The largest absolute Gasteiger partial charge is 0.466 e. The van der Waals surface area contributed by atoms with Crippen LogP contribution in [0.15, 0.2) is 0 Å². The molecule has 4 nitrogen and oxygen atoms in total. The van der Waals surface area contributed by atoms with Gasteiger partial charge in [-0.2, -0.15) is 0 Å². The Bertz CT molecular complexity index is 329. The van der Waals surface area contributed by atoms with Gasteiger partial charge in [-0.15, -0.1) is 0 Å². The van der Waals surface area contributed by atoms with Crippen molar-refractivity contribution in [3.8, 4) is 0 Å². The van der Waals surface area contributed by atoms with Gasteiger partial charge in [0, 0.05) is 13.0 Å². The minimum atomic E-state index is -1.85. The molecule has 0 saturated carbocycles. The molecule has 22 heavy (non-hydrogen) atoms. The quantitative estimate of drug-likeness (QED) is 0.242. The fourth-order valence-electron chi connectivity index (χ4n) is 3.48. The van der Waals surface area contributed by atoms with Gasteiger partial charge in [-0.1, -0.05) is 41.5 Å². The van der Waals surface area contributed by atoms with Crippen LogP contribution in [0.3, 0.4) is 0 Å². The standard InChI is InChI=1S/C17H34O4Si/c1-8-20-17(19)12-16(18)10-9-11-21-22(13(2)3,14(4)5)15(6)7/h13-15H,8-12H2,1-7H3. The van der Waals surface area contributed by atoms with Crippen molar-refractivity contribution in [3.63, 3.8) is 0 Å². The molecule has 130 valence electrons. The number of ether oxygens (including phenoxy) is 1. The predicted octanol–water partition coefficient (Wildman–Crippen LogP) is 4.48. The van der Waals surface area contributed by atoms with Crippen LogP contribution in [0, 0.1) is 0 Å². The van der Waals surface area contributed by atoms with Crippen LogP contribution in [0.4, 0.5) is 0 Å². The highest BCUT2D eigenvalue weighted by Gasteiger charge is 2.44. The second-order valence-corrected chi connectivity index (χ2v) is 12.3. The summed E-state index contributed by atoms with van der Waals surface area (Å²) < 4.78 is 11.2. The molecule has 0 aliphatic rings. The highest BCUT2D eigenvalue weighted by Crippen LogP contribution is 2.42. The van der Waals surface area contributed by atoms with Crippen molar-refractivity contribution in [3.05, 3.63) is 0 Å². The molecule has 0 amide bonds. The van der Waals surface area contributed by atoms with Gasteiger partial charge in [0.1, 0.15) is 12.2 Å². The average molecular weight is 331 g/mol. The van der Waals surface area contributed by atoms with Gasteiger partial charge >= 0.3 is 5.97 Å². The van der Waals surface area contributed by atoms with E-state index in [1.807, 2.05) is 0 Å². The molecule has 0 bridgehead atoms. The number of hydrogen-bond donors (Lipinski definition) is 0. The Morgan fingerprint density at radius 3 is 1.86 bits per heavy atom. The molecule has 0 spiro atoms. The topological polar surface area (TPSA) is 52.6 Å². The lowest BCUT2D eigenvalue weighted by atomic mass is 10.2. The smallest absolute Gasteiger partial charge is 0.313 e. The van der Waals surface area contributed by atoms with E-state index in [4.69, 9.17) is 9.16 Å². The number of ketones is 1. The van der Waals surface area contributed by atoms with E-state index in [-0.39, 0.29) is 12.2 Å². The SMILES string of the molecule is CCOC(=O)CC(=O)CCCO[Si](C(C)C)(C(C)C)C(C)C. The second-order valence-electron chi connectivity index (χ2n) is 6.79. The lowest BCUT2D eigenvalue weighted by Gasteiger charge is -2.42. The zero-order chi connectivity index (χ0) is 17.3. The van der Waals surface area contributed by atoms with Crippen LogP contribution in [-0.2, 0) is 18.8 Å². The molecule has 0 aromatic rings. The van der Waals surface area contributed by atoms with Crippen LogP contribution in [-0.4, -0.2) is 33.3 Å². The van der Waals surface area contributed by atoms with Gasteiger partial charge in [0.15, 0.2) is 8.32 Å². The summed E-state index contributed by atoms with van der Waals surface area (Å²) in [6.07, 6.45) is 0.950. The van der Waals surface area contributed by atoms with Crippen molar-refractivity contribution in [1.29, 1.82) is 0 Å². The third-order valence-electron chi connectivity index (χ3n) is 4.31. The van der Waals surface area contributed by atoms with Crippen LogP contribution in [0.2, 0.25) is 16.6 Å². The number of hydrogen-bond acceptors (Lipinski definition) is 4. The van der Waals surface area contributed by atoms with E-state index in [9.17, 15) is 9.59 Å². The maximum atomic E-state index is 11.7. The van der Waals surface area contributed by atoms with Crippen molar-refractivity contribution in [1.82, 2.24) is 0 Å². The Labute approximate surface area is 137 Å². The Hall–Kier alpha value is -0.683. The van der Waals surface area contributed by atoms with E-state index in [1.165, 1.54) is 0 Å². The molecule has 0 N–H and O–H groups in total. The first-order valence-electron chi connectivity index (χ1n) is 8.49. The molecule has 0 aromatic carbocycles. The summed E-state index contributed by atoms with van der Waals surface area (Å²) in [5, 5.41) is 0. The number of rotatable bonds is 11. The van der Waals surface area contributed by atoms with Gasteiger partial charge in [0.05, 0.1) is 6.61 Å². The third kappa shape index (κ3) is 6.21. The fourth-order valence-corrected chi connectivity index (χ4v) is 8.98. The van der Waals surface area contributed by atoms with Gasteiger partial charge in [0.2, 0.25) is 0 Å². The molecule has 0 rings (SSSR count). The normalized spacial score (nSPS) is 12.3. The van der Waals surface area contributed by atoms with Crippen molar-refractivity contribution in [2.24, 2.45) is 0 Å². The zero-order valence-corrected chi connectivity index (χ0v) is 16.4. The summed E-state index contributed by atoms with van der Waals surface area (Å²) in [7, 11) is -1.85. The summed E-state index contributed by atoms with van der Waals surface area (Å²) in [4.78, 5) is 23.0. The van der Waals surface area contributed by atoms with Crippen LogP contribution >= 0.6 is 0 Å². The Morgan fingerprint density at radius 1 is 0.955 bits per heavy atom. The highest BCUT2D eigenvalue weighted by atomic mass is 28.4. The fraction of sp³-hybridized carbons (Fsp3) is 0.882. The number of esters is 1. The first kappa shape index (κ1) is 21.3. The molecule has 0 unspecified atom stereocenters. The van der Waals surface area contributed by atoms with E-state index < -0.39 is 14.3 Å². The summed E-state index contributed by atoms with van der Waals surface area (Å²) in [5.41, 5.74) is 1.63. The molecule has 0 radical (unpaired) electrons. The maximum absolute atomic E-state index is 11.7. The summed E-state index contributed by atoms with van der Waals surface area (Å²) in [5.74, 6) is -0.489. The lowest BCUT2D eigenvalue weighted by Crippen LogP contribution is -2.48. The molecule has 0 aromatic heterocycles. The van der Waals surface area contributed by atoms with Gasteiger partial charge in [0.25, 0.3) is 0 Å². The number of Topliss-reactive ketones (excluding diaryl/α,β-unsaturated/α-hetero) is 1. The molecule has 0 fully saturated rings. The van der Waals surface area contributed by atoms with Gasteiger partial charge in [-0.3, -0.25) is 9.59 Å². The van der Waals surface area contributed by atoms with E-state index in [0.29, 0.717) is 42.7 Å². The molecule has 0 atom stereocenters. The monoisotopic (exact) mass is 330 g/mol. The minimum Gasteiger partial charge on any atom is -0.466 e. The Balaban J connectivity index is 4.36. The predicted molar refractivity (Wildman–Crippen MR) is 92.5 cm³/mol. The van der Waals surface area contributed by atoms with Crippen LogP contribution in [0.5, 0.6) is 0 Å². The van der Waals surface area contributed by atoms with Crippen molar-refractivity contribution >= 4 is 20.1 Å². The van der Waals surface area contributed by atoms with Gasteiger partial charge in [-0.05, 0) is 30.0 Å². The Morgan fingerprint density at radius 2 is 1.45 bits per heavy atom. The molecular weight excluding hydrogens is 296 g/mol. The average Bonchev–Trinajstić information content (AvgIpc) is 2.37. The minimum absolute atomic E-state index is 0.0621. The van der Waals surface area contributed by atoms with E-state index in [1.54, 1.807) is 6.92 Å². The van der Waals surface area contributed by atoms with Crippen LogP contribution in [0.25, 0.3) is 0 Å². The van der Waals surface area contributed by atoms with E-state index in [0.717, 1.165) is 0 Å². The molecule has 0 heterocycles. The zero-order valence-electron chi connectivity index (χ0n) is 15.4. The van der Waals surface area contributed by atoms with Gasteiger partial charge < -0.3 is 9.16 Å². The Kier molecular flexibility index (Phi) is 9.84. The summed E-state index contributed by atoms with van der Waals surface area (Å²) >= 11 is 0.